The van der Waals surface area contributed by atoms with Crippen molar-refractivity contribution in [3.8, 4) is 0 Å². The molecule has 0 spiro atoms. The third-order valence-electron chi connectivity index (χ3n) is 3.23. The lowest BCUT2D eigenvalue weighted by Gasteiger charge is -2.34. The fourth-order valence-electron chi connectivity index (χ4n) is 2.28. The lowest BCUT2D eigenvalue weighted by molar-refractivity contribution is -0.136. The summed E-state index contributed by atoms with van der Waals surface area (Å²) in [5, 5.41) is 9.32. The van der Waals surface area contributed by atoms with Crippen LogP contribution < -0.4 is 0 Å². The maximum Gasteiger partial charge on any atom is 0.334 e. The number of likely N-dealkylation sites (tertiary alicyclic amines) is 1. The van der Waals surface area contributed by atoms with Gasteiger partial charge in [0.05, 0.1) is 13.7 Å². The van der Waals surface area contributed by atoms with Gasteiger partial charge in [-0.3, -0.25) is 4.90 Å². The second kappa shape index (κ2) is 7.45. The maximum absolute atomic E-state index is 11.6. The van der Waals surface area contributed by atoms with Crippen LogP contribution in [0.3, 0.4) is 0 Å². The third-order valence-corrected chi connectivity index (χ3v) is 3.23. The Morgan fingerprint density at radius 2 is 2.29 bits per heavy atom. The summed E-state index contributed by atoms with van der Waals surface area (Å²) in [5.41, 5.74) is 0.704. The van der Waals surface area contributed by atoms with Crippen LogP contribution in [0.5, 0.6) is 0 Å². The Labute approximate surface area is 103 Å². The molecule has 0 amide bonds. The number of ether oxygens (including phenoxy) is 1. The highest BCUT2D eigenvalue weighted by Crippen LogP contribution is 2.18. The first kappa shape index (κ1) is 14.2. The number of carbonyl (C=O) groups is 1. The zero-order valence-corrected chi connectivity index (χ0v) is 10.8. The number of esters is 1. The second-order valence-electron chi connectivity index (χ2n) is 4.43. The van der Waals surface area contributed by atoms with Crippen LogP contribution in [0.2, 0.25) is 0 Å². The van der Waals surface area contributed by atoms with Gasteiger partial charge in [0.25, 0.3) is 0 Å². The maximum atomic E-state index is 11.6. The zero-order chi connectivity index (χ0) is 12.7. The van der Waals surface area contributed by atoms with Crippen LogP contribution in [0.15, 0.2) is 11.6 Å². The van der Waals surface area contributed by atoms with E-state index in [1.165, 1.54) is 7.11 Å². The van der Waals surface area contributed by atoms with E-state index in [0.717, 1.165) is 32.2 Å². The lowest BCUT2D eigenvalue weighted by Crippen LogP contribution is -2.43. The molecule has 0 aromatic rings. The number of rotatable bonds is 5. The fourth-order valence-corrected chi connectivity index (χ4v) is 2.28. The van der Waals surface area contributed by atoms with Gasteiger partial charge < -0.3 is 9.84 Å². The van der Waals surface area contributed by atoms with Crippen molar-refractivity contribution in [2.75, 3.05) is 26.8 Å². The van der Waals surface area contributed by atoms with E-state index in [1.54, 1.807) is 0 Å². The van der Waals surface area contributed by atoms with Crippen molar-refractivity contribution in [2.45, 2.75) is 38.6 Å². The highest BCUT2D eigenvalue weighted by molar-refractivity contribution is 5.88. The van der Waals surface area contributed by atoms with Crippen LogP contribution in [0, 0.1) is 0 Å². The summed E-state index contributed by atoms with van der Waals surface area (Å²) in [6, 6.07) is 0.189. The number of aliphatic hydroxyl groups excluding tert-OH is 1. The molecule has 1 unspecified atom stereocenters. The molecule has 1 heterocycles. The van der Waals surface area contributed by atoms with Crippen molar-refractivity contribution in [3.63, 3.8) is 0 Å². The minimum Gasteiger partial charge on any atom is -0.466 e. The van der Waals surface area contributed by atoms with E-state index in [-0.39, 0.29) is 18.6 Å². The van der Waals surface area contributed by atoms with Crippen molar-refractivity contribution in [1.82, 2.24) is 4.90 Å². The molecule has 1 aliphatic rings. The molecule has 1 N–H and O–H groups in total. The number of hydrogen-bond acceptors (Lipinski definition) is 4. The van der Waals surface area contributed by atoms with E-state index < -0.39 is 0 Å². The molecule has 98 valence electrons. The molecule has 1 aliphatic heterocycles. The van der Waals surface area contributed by atoms with Crippen LogP contribution >= 0.6 is 0 Å². The van der Waals surface area contributed by atoms with E-state index in [2.05, 4.69) is 4.90 Å². The predicted molar refractivity (Wildman–Crippen MR) is 66.7 cm³/mol. The topological polar surface area (TPSA) is 49.8 Å². The van der Waals surface area contributed by atoms with Crippen molar-refractivity contribution in [2.24, 2.45) is 0 Å². The Morgan fingerprint density at radius 1 is 1.53 bits per heavy atom. The predicted octanol–water partition coefficient (Wildman–Crippen LogP) is 1.34. The molecule has 1 atom stereocenters. The molecule has 1 rings (SSSR count). The Balaban J connectivity index is 2.64. The minimum atomic E-state index is -0.255. The van der Waals surface area contributed by atoms with Gasteiger partial charge in [-0.1, -0.05) is 19.4 Å². The summed E-state index contributed by atoms with van der Waals surface area (Å²) >= 11 is 0. The molecule has 0 radical (unpaired) electrons. The fraction of sp³-hybridized carbons (Fsp3) is 0.769. The van der Waals surface area contributed by atoms with E-state index in [1.807, 2.05) is 13.0 Å². The Bertz CT molecular complexity index is 276. The first-order chi connectivity index (χ1) is 8.22. The summed E-state index contributed by atoms with van der Waals surface area (Å²) in [5.74, 6) is -0.255. The molecule has 0 saturated carbocycles. The highest BCUT2D eigenvalue weighted by atomic mass is 16.5. The Morgan fingerprint density at radius 3 is 2.88 bits per heavy atom. The molecular weight excluding hydrogens is 218 g/mol. The summed E-state index contributed by atoms with van der Waals surface area (Å²) < 4.78 is 4.78. The monoisotopic (exact) mass is 241 g/mol. The molecular formula is C13H23NO3. The number of methoxy groups -OCH3 is 1. The number of piperidine rings is 1. The average molecular weight is 241 g/mol. The van der Waals surface area contributed by atoms with Crippen LogP contribution in [0.4, 0.5) is 0 Å². The number of aliphatic hydroxyl groups is 1. The molecule has 1 fully saturated rings. The average Bonchev–Trinajstić information content (AvgIpc) is 2.38. The van der Waals surface area contributed by atoms with E-state index in [9.17, 15) is 9.90 Å². The summed E-state index contributed by atoms with van der Waals surface area (Å²) in [6.07, 6.45) is 6.04. The molecule has 4 nitrogen and oxygen atoms in total. The smallest absolute Gasteiger partial charge is 0.334 e. The summed E-state index contributed by atoms with van der Waals surface area (Å²) in [6.45, 7) is 3.71. The van der Waals surface area contributed by atoms with Crippen molar-refractivity contribution >= 4 is 5.97 Å². The molecule has 0 aromatic carbocycles. The van der Waals surface area contributed by atoms with E-state index in [0.29, 0.717) is 12.1 Å². The molecule has 17 heavy (non-hydrogen) atoms. The molecule has 0 aliphatic carbocycles. The molecule has 0 aromatic heterocycles. The molecule has 0 bridgehead atoms. The van der Waals surface area contributed by atoms with Gasteiger partial charge in [0.2, 0.25) is 0 Å². The molecule has 1 saturated heterocycles. The van der Waals surface area contributed by atoms with Gasteiger partial charge >= 0.3 is 5.97 Å². The first-order valence-electron chi connectivity index (χ1n) is 6.35. The highest BCUT2D eigenvalue weighted by Gasteiger charge is 2.24. The largest absolute Gasteiger partial charge is 0.466 e. The van der Waals surface area contributed by atoms with Gasteiger partial charge in [-0.2, -0.15) is 0 Å². The zero-order valence-electron chi connectivity index (χ0n) is 10.8. The number of nitrogens with zero attached hydrogens (tertiary/aromatic N) is 1. The lowest BCUT2D eigenvalue weighted by atomic mass is 10.0. The van der Waals surface area contributed by atoms with Crippen LogP contribution in [0.1, 0.15) is 32.6 Å². The minimum absolute atomic E-state index is 0.167. The summed E-state index contributed by atoms with van der Waals surface area (Å²) in [7, 11) is 1.41. The Kier molecular flexibility index (Phi) is 6.22. The molecule has 4 heteroatoms. The normalized spacial score (nSPS) is 22.5. The summed E-state index contributed by atoms with van der Waals surface area (Å²) in [4.78, 5) is 13.8. The van der Waals surface area contributed by atoms with Gasteiger partial charge in [0.15, 0.2) is 0 Å². The van der Waals surface area contributed by atoms with Crippen LogP contribution in [-0.4, -0.2) is 48.8 Å². The number of carbonyl (C=O) groups excluding carboxylic acids is 1. The SMILES string of the molecule is CC/C=C(/CN1CCCCC1CO)C(=O)OC. The van der Waals surface area contributed by atoms with Gasteiger partial charge in [-0.15, -0.1) is 0 Å². The van der Waals surface area contributed by atoms with Crippen molar-refractivity contribution in [3.05, 3.63) is 11.6 Å². The van der Waals surface area contributed by atoms with Gasteiger partial charge in [-0.05, 0) is 25.8 Å². The number of hydrogen-bond donors (Lipinski definition) is 1. The van der Waals surface area contributed by atoms with E-state index in [4.69, 9.17) is 4.74 Å². The van der Waals surface area contributed by atoms with Crippen LogP contribution in [-0.2, 0) is 9.53 Å². The third kappa shape index (κ3) is 4.13. The quantitative estimate of drug-likeness (QED) is 0.583. The van der Waals surface area contributed by atoms with Gasteiger partial charge in [0.1, 0.15) is 0 Å². The number of allylic oxidation sites excluding steroid dienone is 1. The van der Waals surface area contributed by atoms with Gasteiger partial charge in [-0.25, -0.2) is 4.79 Å². The van der Waals surface area contributed by atoms with E-state index >= 15 is 0 Å². The second-order valence-corrected chi connectivity index (χ2v) is 4.43. The van der Waals surface area contributed by atoms with Crippen molar-refractivity contribution in [1.29, 1.82) is 0 Å². The van der Waals surface area contributed by atoms with Crippen LogP contribution in [0.25, 0.3) is 0 Å². The standard InChI is InChI=1S/C13H23NO3/c1-3-6-11(13(16)17-2)9-14-8-5-4-7-12(14)10-15/h6,12,15H,3-5,7-10H2,1-2H3/b11-6-. The van der Waals surface area contributed by atoms with Crippen molar-refractivity contribution < 1.29 is 14.6 Å². The van der Waals surface area contributed by atoms with Gasteiger partial charge in [0, 0.05) is 18.2 Å². The first-order valence-corrected chi connectivity index (χ1v) is 6.35. The Hall–Kier alpha value is -0.870.